The van der Waals surface area contributed by atoms with Crippen molar-refractivity contribution in [2.45, 2.75) is 12.8 Å². The predicted molar refractivity (Wildman–Crippen MR) is 91.1 cm³/mol. The average Bonchev–Trinajstić information content (AvgIpc) is 2.97. The maximum Gasteiger partial charge on any atom is 0.116 e. The Labute approximate surface area is 139 Å². The lowest BCUT2D eigenvalue weighted by Gasteiger charge is -2.18. The molecule has 1 heterocycles. The van der Waals surface area contributed by atoms with E-state index in [0.29, 0.717) is 10.7 Å². The van der Waals surface area contributed by atoms with E-state index < -0.39 is 0 Å². The molecule has 1 unspecified atom stereocenters. The molecule has 23 heavy (non-hydrogen) atoms. The van der Waals surface area contributed by atoms with Gasteiger partial charge < -0.3 is 4.42 Å². The van der Waals surface area contributed by atoms with Gasteiger partial charge in [0.2, 0.25) is 0 Å². The van der Waals surface area contributed by atoms with Gasteiger partial charge in [-0.25, -0.2) is 0 Å². The molecule has 114 valence electrons. The molecule has 0 aliphatic carbocycles. The first-order valence-electron chi connectivity index (χ1n) is 7.15. The van der Waals surface area contributed by atoms with Crippen LogP contribution in [0.5, 0.6) is 0 Å². The zero-order valence-electron chi connectivity index (χ0n) is 12.5. The number of hydrogen-bond acceptors (Lipinski definition) is 2. The molecule has 0 saturated heterocycles. The largest absolute Gasteiger partial charge is 0.465 e. The molecule has 0 N–H and O–H groups in total. The Morgan fingerprint density at radius 3 is 2.52 bits per heavy atom. The topological polar surface area (TPSA) is 61.9 Å². The van der Waals surface area contributed by atoms with Crippen molar-refractivity contribution in [3.05, 3.63) is 98.8 Å². The van der Waals surface area contributed by atoms with Gasteiger partial charge in [0.05, 0.1) is 5.92 Å². The van der Waals surface area contributed by atoms with E-state index in [0.717, 1.165) is 22.6 Å². The second-order valence-corrected chi connectivity index (χ2v) is 5.62. The molecule has 1 aromatic heterocycles. The fraction of sp³-hybridized carbons (Fsp3) is 0.111. The van der Waals surface area contributed by atoms with Crippen LogP contribution in [0.25, 0.3) is 10.4 Å². The van der Waals surface area contributed by atoms with Gasteiger partial charge in [0.15, 0.2) is 0 Å². The smallest absolute Gasteiger partial charge is 0.116 e. The van der Waals surface area contributed by atoms with Gasteiger partial charge in [-0.2, -0.15) is 0 Å². The number of aryl methyl sites for hydroxylation is 1. The van der Waals surface area contributed by atoms with E-state index in [1.165, 1.54) is 0 Å². The third-order valence-corrected chi connectivity index (χ3v) is 3.87. The second kappa shape index (κ2) is 6.61. The van der Waals surface area contributed by atoms with E-state index in [1.54, 1.807) is 12.1 Å². The van der Waals surface area contributed by atoms with Gasteiger partial charge in [-0.05, 0) is 47.8 Å². The summed E-state index contributed by atoms with van der Waals surface area (Å²) in [5.41, 5.74) is 11.2. The van der Waals surface area contributed by atoms with Gasteiger partial charge >= 0.3 is 0 Å². The van der Waals surface area contributed by atoms with E-state index in [-0.39, 0.29) is 5.92 Å². The molecule has 0 fully saturated rings. The summed E-state index contributed by atoms with van der Waals surface area (Å²) in [6.45, 7) is 1.90. The van der Waals surface area contributed by atoms with Crippen LogP contribution in [0.4, 0.5) is 5.69 Å². The molecule has 0 amide bonds. The lowest BCUT2D eigenvalue weighted by Crippen LogP contribution is -2.02. The lowest BCUT2D eigenvalue weighted by molar-refractivity contribution is 0.478. The van der Waals surface area contributed by atoms with Crippen molar-refractivity contribution in [2.75, 3.05) is 0 Å². The molecule has 0 bridgehead atoms. The molecule has 3 aromatic rings. The van der Waals surface area contributed by atoms with Crippen molar-refractivity contribution in [1.82, 2.24) is 0 Å². The first-order chi connectivity index (χ1) is 11.2. The Balaban J connectivity index is 2.24. The molecule has 1 atom stereocenters. The summed E-state index contributed by atoms with van der Waals surface area (Å²) < 4.78 is 5.85. The number of hydrogen-bond donors (Lipinski definition) is 0. The Kier molecular flexibility index (Phi) is 4.38. The molecule has 5 heteroatoms. The van der Waals surface area contributed by atoms with Gasteiger partial charge in [0, 0.05) is 15.6 Å². The van der Waals surface area contributed by atoms with Crippen LogP contribution in [0, 0.1) is 6.92 Å². The number of halogens is 1. The fourth-order valence-corrected chi connectivity index (χ4v) is 2.83. The summed E-state index contributed by atoms with van der Waals surface area (Å²) in [6.07, 6.45) is 0. The van der Waals surface area contributed by atoms with Gasteiger partial charge in [0.1, 0.15) is 11.5 Å². The van der Waals surface area contributed by atoms with Crippen molar-refractivity contribution in [3.8, 4) is 0 Å². The minimum absolute atomic E-state index is 0.191. The van der Waals surface area contributed by atoms with Gasteiger partial charge in [-0.3, -0.25) is 0 Å². The highest BCUT2D eigenvalue weighted by Crippen LogP contribution is 2.39. The SMILES string of the molecule is Cc1ccc(C(c2ccccc2)c2cc(Cl)ccc2N=[N+]=[N-])o1. The summed E-state index contributed by atoms with van der Waals surface area (Å²) in [5, 5.41) is 4.39. The maximum atomic E-state index is 8.84. The fourth-order valence-electron chi connectivity index (χ4n) is 2.65. The van der Waals surface area contributed by atoms with E-state index in [4.69, 9.17) is 21.5 Å². The number of benzene rings is 2. The Morgan fingerprint density at radius 1 is 1.09 bits per heavy atom. The standard InChI is InChI=1S/C18H14ClN3O/c1-12-7-10-17(23-12)18(13-5-3-2-4-6-13)15-11-14(19)8-9-16(15)21-22-20/h2-11,18H,1H3. The maximum absolute atomic E-state index is 8.84. The van der Waals surface area contributed by atoms with Crippen LogP contribution in [0.1, 0.15) is 28.6 Å². The summed E-state index contributed by atoms with van der Waals surface area (Å²) in [7, 11) is 0. The highest BCUT2D eigenvalue weighted by atomic mass is 35.5. The van der Waals surface area contributed by atoms with Crippen LogP contribution in [0.3, 0.4) is 0 Å². The molecule has 0 spiro atoms. The zero-order valence-corrected chi connectivity index (χ0v) is 13.2. The molecule has 4 nitrogen and oxygen atoms in total. The number of furan rings is 1. The van der Waals surface area contributed by atoms with Crippen LogP contribution in [0.15, 0.2) is 70.2 Å². The Hall–Kier alpha value is -2.68. The van der Waals surface area contributed by atoms with E-state index >= 15 is 0 Å². The van der Waals surface area contributed by atoms with Gasteiger partial charge in [-0.1, -0.05) is 53.1 Å². The molecule has 0 aliphatic rings. The van der Waals surface area contributed by atoms with Crippen molar-refractivity contribution >= 4 is 17.3 Å². The molecule has 0 aliphatic heterocycles. The van der Waals surface area contributed by atoms with Gasteiger partial charge in [-0.15, -0.1) is 0 Å². The normalized spacial score (nSPS) is 11.7. The minimum atomic E-state index is -0.191. The highest BCUT2D eigenvalue weighted by Gasteiger charge is 2.22. The van der Waals surface area contributed by atoms with E-state index in [2.05, 4.69) is 10.0 Å². The molecule has 0 saturated carbocycles. The van der Waals surface area contributed by atoms with Crippen molar-refractivity contribution in [2.24, 2.45) is 5.11 Å². The first kappa shape index (κ1) is 15.2. The number of nitrogens with zero attached hydrogens (tertiary/aromatic N) is 3. The zero-order chi connectivity index (χ0) is 16.2. The predicted octanol–water partition coefficient (Wildman–Crippen LogP) is 6.36. The molecular formula is C18H14ClN3O. The van der Waals surface area contributed by atoms with Crippen molar-refractivity contribution in [1.29, 1.82) is 0 Å². The minimum Gasteiger partial charge on any atom is -0.465 e. The highest BCUT2D eigenvalue weighted by molar-refractivity contribution is 6.30. The second-order valence-electron chi connectivity index (χ2n) is 5.18. The van der Waals surface area contributed by atoms with Crippen molar-refractivity contribution < 1.29 is 4.42 Å². The van der Waals surface area contributed by atoms with Crippen LogP contribution < -0.4 is 0 Å². The van der Waals surface area contributed by atoms with Crippen LogP contribution in [-0.4, -0.2) is 0 Å². The van der Waals surface area contributed by atoms with Gasteiger partial charge in [0.25, 0.3) is 0 Å². The van der Waals surface area contributed by atoms with Crippen LogP contribution in [-0.2, 0) is 0 Å². The molecular weight excluding hydrogens is 310 g/mol. The van der Waals surface area contributed by atoms with Crippen molar-refractivity contribution in [3.63, 3.8) is 0 Å². The third-order valence-electron chi connectivity index (χ3n) is 3.63. The number of azide groups is 1. The van der Waals surface area contributed by atoms with Crippen LogP contribution in [0.2, 0.25) is 5.02 Å². The monoisotopic (exact) mass is 323 g/mol. The first-order valence-corrected chi connectivity index (χ1v) is 7.52. The summed E-state index contributed by atoms with van der Waals surface area (Å²) in [5.74, 6) is 1.42. The number of rotatable bonds is 4. The third kappa shape index (κ3) is 3.24. The lowest BCUT2D eigenvalue weighted by atomic mass is 9.88. The molecule has 0 radical (unpaired) electrons. The average molecular weight is 324 g/mol. The van der Waals surface area contributed by atoms with E-state index in [9.17, 15) is 0 Å². The summed E-state index contributed by atoms with van der Waals surface area (Å²) in [6, 6.07) is 19.0. The summed E-state index contributed by atoms with van der Waals surface area (Å²) in [4.78, 5) is 2.92. The quantitative estimate of drug-likeness (QED) is 0.313. The summed E-state index contributed by atoms with van der Waals surface area (Å²) >= 11 is 6.18. The Morgan fingerprint density at radius 2 is 1.87 bits per heavy atom. The molecule has 2 aromatic carbocycles. The van der Waals surface area contributed by atoms with E-state index in [1.807, 2.05) is 55.5 Å². The Bertz CT molecular complexity index is 867. The van der Waals surface area contributed by atoms with Crippen LogP contribution >= 0.6 is 11.6 Å². The molecule has 3 rings (SSSR count).